The lowest BCUT2D eigenvalue weighted by Gasteiger charge is -2.13. The largest absolute Gasteiger partial charge is 0.480 e. The third kappa shape index (κ3) is 5.70. The lowest BCUT2D eigenvalue weighted by Crippen LogP contribution is -2.29. The van der Waals surface area contributed by atoms with Gasteiger partial charge in [-0.15, -0.1) is 0 Å². The van der Waals surface area contributed by atoms with Gasteiger partial charge < -0.3 is 10.0 Å². The van der Waals surface area contributed by atoms with Crippen molar-refractivity contribution in [2.24, 2.45) is 0 Å². The van der Waals surface area contributed by atoms with Crippen molar-refractivity contribution in [3.8, 4) is 0 Å². The molecule has 0 saturated heterocycles. The van der Waals surface area contributed by atoms with E-state index in [1.54, 1.807) is 0 Å². The number of amides is 1. The van der Waals surface area contributed by atoms with Crippen LogP contribution in [0.3, 0.4) is 0 Å². The fraction of sp³-hybridized carbons (Fsp3) is 0.750. The maximum absolute atomic E-state index is 10.3. The molecule has 0 fully saturated rings. The van der Waals surface area contributed by atoms with Crippen molar-refractivity contribution in [1.29, 1.82) is 0 Å². The van der Waals surface area contributed by atoms with E-state index in [4.69, 9.17) is 5.11 Å². The molecule has 70 valence electrons. The monoisotopic (exact) mass is 173 g/mol. The van der Waals surface area contributed by atoms with Gasteiger partial charge >= 0.3 is 5.97 Å². The summed E-state index contributed by atoms with van der Waals surface area (Å²) in [6.07, 6.45) is 3.57. The van der Waals surface area contributed by atoms with E-state index in [1.807, 2.05) is 0 Å². The summed E-state index contributed by atoms with van der Waals surface area (Å²) >= 11 is 0. The molecule has 0 aliphatic heterocycles. The molecular formula is C8H15NO3. The standard InChI is InChI=1S/C8H15NO3/c1-2-3-4-5-9(7-10)6-8(11)12/h7H,2-6H2,1H3,(H,11,12). The lowest BCUT2D eigenvalue weighted by molar-refractivity contribution is -0.140. The molecule has 4 nitrogen and oxygen atoms in total. The highest BCUT2D eigenvalue weighted by Crippen LogP contribution is 1.95. The topological polar surface area (TPSA) is 57.6 Å². The first-order valence-corrected chi connectivity index (χ1v) is 4.11. The molecule has 1 N–H and O–H groups in total. The van der Waals surface area contributed by atoms with Gasteiger partial charge in [-0.2, -0.15) is 0 Å². The van der Waals surface area contributed by atoms with E-state index >= 15 is 0 Å². The van der Waals surface area contributed by atoms with Crippen LogP contribution in [0.4, 0.5) is 0 Å². The smallest absolute Gasteiger partial charge is 0.323 e. The number of hydrogen-bond donors (Lipinski definition) is 1. The fourth-order valence-electron chi connectivity index (χ4n) is 0.908. The predicted molar refractivity (Wildman–Crippen MR) is 44.8 cm³/mol. The highest BCUT2D eigenvalue weighted by Gasteiger charge is 2.05. The Kier molecular flexibility index (Phi) is 6.05. The Balaban J connectivity index is 3.53. The van der Waals surface area contributed by atoms with Gasteiger partial charge in [0.25, 0.3) is 0 Å². The minimum Gasteiger partial charge on any atom is -0.480 e. The van der Waals surface area contributed by atoms with Gasteiger partial charge in [0.15, 0.2) is 0 Å². The van der Waals surface area contributed by atoms with Crippen LogP contribution in [0.25, 0.3) is 0 Å². The number of rotatable bonds is 7. The highest BCUT2D eigenvalue weighted by atomic mass is 16.4. The van der Waals surface area contributed by atoms with Crippen LogP contribution in [0.5, 0.6) is 0 Å². The third-order valence-corrected chi connectivity index (χ3v) is 1.54. The molecule has 0 aromatic carbocycles. The van der Waals surface area contributed by atoms with Crippen LogP contribution in [0.1, 0.15) is 26.2 Å². The van der Waals surface area contributed by atoms with Gasteiger partial charge in [-0.3, -0.25) is 9.59 Å². The second-order valence-corrected chi connectivity index (χ2v) is 2.68. The first-order valence-electron chi connectivity index (χ1n) is 4.11. The van der Waals surface area contributed by atoms with Gasteiger partial charge in [-0.1, -0.05) is 19.8 Å². The van der Waals surface area contributed by atoms with E-state index < -0.39 is 5.97 Å². The third-order valence-electron chi connectivity index (χ3n) is 1.54. The quantitative estimate of drug-likeness (QED) is 0.456. The fourth-order valence-corrected chi connectivity index (χ4v) is 0.908. The molecule has 0 rings (SSSR count). The normalized spacial score (nSPS) is 9.42. The molecule has 4 heteroatoms. The second-order valence-electron chi connectivity index (χ2n) is 2.68. The van der Waals surface area contributed by atoms with Gasteiger partial charge in [0.2, 0.25) is 6.41 Å². The molecule has 12 heavy (non-hydrogen) atoms. The minimum absolute atomic E-state index is 0.187. The Morgan fingerprint density at radius 2 is 2.17 bits per heavy atom. The van der Waals surface area contributed by atoms with Crippen molar-refractivity contribution in [2.75, 3.05) is 13.1 Å². The van der Waals surface area contributed by atoms with E-state index in [0.29, 0.717) is 13.0 Å². The van der Waals surface area contributed by atoms with E-state index in [-0.39, 0.29) is 6.54 Å². The molecule has 0 aliphatic carbocycles. The van der Waals surface area contributed by atoms with Gasteiger partial charge in [0.05, 0.1) is 0 Å². The van der Waals surface area contributed by atoms with Crippen molar-refractivity contribution >= 4 is 12.4 Å². The number of carbonyl (C=O) groups is 2. The Labute approximate surface area is 72.2 Å². The first kappa shape index (κ1) is 10.9. The SMILES string of the molecule is CCCCCN(C=O)CC(=O)O. The minimum atomic E-state index is -0.960. The molecule has 1 amide bonds. The molecule has 0 atom stereocenters. The zero-order valence-electron chi connectivity index (χ0n) is 7.32. The first-order chi connectivity index (χ1) is 5.70. The van der Waals surface area contributed by atoms with Crippen LogP contribution in [0.15, 0.2) is 0 Å². The van der Waals surface area contributed by atoms with Gasteiger partial charge in [-0.25, -0.2) is 0 Å². The molecule has 0 aliphatic rings. The number of hydrogen-bond acceptors (Lipinski definition) is 2. The van der Waals surface area contributed by atoms with Gasteiger partial charge in [0, 0.05) is 6.54 Å². The Bertz CT molecular complexity index is 147. The van der Waals surface area contributed by atoms with Gasteiger partial charge in [0.1, 0.15) is 6.54 Å². The number of carbonyl (C=O) groups excluding carboxylic acids is 1. The molecule has 0 aromatic heterocycles. The van der Waals surface area contributed by atoms with Crippen LogP contribution < -0.4 is 0 Å². The van der Waals surface area contributed by atoms with E-state index in [0.717, 1.165) is 19.3 Å². The maximum atomic E-state index is 10.3. The second kappa shape index (κ2) is 6.64. The summed E-state index contributed by atoms with van der Waals surface area (Å²) in [5.74, 6) is -0.960. The van der Waals surface area contributed by atoms with Crippen LogP contribution in [-0.2, 0) is 9.59 Å². The summed E-state index contributed by atoms with van der Waals surface area (Å²) in [7, 11) is 0. The summed E-state index contributed by atoms with van der Waals surface area (Å²) < 4.78 is 0. The number of unbranched alkanes of at least 4 members (excludes halogenated alkanes) is 2. The number of carboxylic acid groups (broad SMARTS) is 1. The summed E-state index contributed by atoms with van der Waals surface area (Å²) in [5, 5.41) is 8.37. The Hall–Kier alpha value is -1.06. The van der Waals surface area contributed by atoms with Crippen LogP contribution in [0.2, 0.25) is 0 Å². The van der Waals surface area contributed by atoms with Crippen molar-refractivity contribution in [3.63, 3.8) is 0 Å². The molecule has 0 spiro atoms. The number of nitrogens with zero attached hydrogens (tertiary/aromatic N) is 1. The van der Waals surface area contributed by atoms with Gasteiger partial charge in [-0.05, 0) is 6.42 Å². The van der Waals surface area contributed by atoms with E-state index in [9.17, 15) is 9.59 Å². The zero-order chi connectivity index (χ0) is 9.40. The van der Waals surface area contributed by atoms with Crippen molar-refractivity contribution in [3.05, 3.63) is 0 Å². The summed E-state index contributed by atoms with van der Waals surface area (Å²) in [4.78, 5) is 21.8. The van der Waals surface area contributed by atoms with E-state index in [1.165, 1.54) is 4.90 Å². The Morgan fingerprint density at radius 3 is 2.58 bits per heavy atom. The van der Waals surface area contributed by atoms with Crippen LogP contribution >= 0.6 is 0 Å². The summed E-state index contributed by atoms with van der Waals surface area (Å²) in [6.45, 7) is 2.42. The van der Waals surface area contributed by atoms with Crippen molar-refractivity contribution in [2.45, 2.75) is 26.2 Å². The molecule has 0 aromatic rings. The van der Waals surface area contributed by atoms with Crippen molar-refractivity contribution in [1.82, 2.24) is 4.90 Å². The summed E-state index contributed by atoms with van der Waals surface area (Å²) in [5.41, 5.74) is 0. The molecule has 0 radical (unpaired) electrons. The molecule has 0 unspecified atom stereocenters. The molecule has 0 heterocycles. The van der Waals surface area contributed by atoms with E-state index in [2.05, 4.69) is 6.92 Å². The number of aliphatic carboxylic acids is 1. The molecular weight excluding hydrogens is 158 g/mol. The average molecular weight is 173 g/mol. The predicted octanol–water partition coefficient (Wildman–Crippen LogP) is 0.720. The Morgan fingerprint density at radius 1 is 1.50 bits per heavy atom. The number of carboxylic acids is 1. The van der Waals surface area contributed by atoms with Crippen LogP contribution in [0, 0.1) is 0 Å². The highest BCUT2D eigenvalue weighted by molar-refractivity contribution is 5.71. The maximum Gasteiger partial charge on any atom is 0.323 e. The summed E-state index contributed by atoms with van der Waals surface area (Å²) in [6, 6.07) is 0. The zero-order valence-corrected chi connectivity index (χ0v) is 7.32. The van der Waals surface area contributed by atoms with Crippen molar-refractivity contribution < 1.29 is 14.7 Å². The molecule has 0 saturated carbocycles. The molecule has 0 bridgehead atoms. The van der Waals surface area contributed by atoms with Crippen LogP contribution in [-0.4, -0.2) is 35.5 Å². The lowest BCUT2D eigenvalue weighted by atomic mass is 10.2. The average Bonchev–Trinajstić information content (AvgIpc) is 2.02.